The second-order valence-electron chi connectivity index (χ2n) is 4.31. The van der Waals surface area contributed by atoms with Crippen molar-refractivity contribution < 1.29 is 4.79 Å². The number of thioether (sulfide) groups is 1. The normalized spacial score (nSPS) is 27.4. The van der Waals surface area contributed by atoms with E-state index >= 15 is 0 Å². The minimum absolute atomic E-state index is 0.157. The summed E-state index contributed by atoms with van der Waals surface area (Å²) in [6, 6.07) is 7.63. The molecule has 0 radical (unpaired) electrons. The molecular formula is C12H12ClNOS. The molecule has 3 rings (SSSR count). The Morgan fingerprint density at radius 2 is 2.12 bits per heavy atom. The zero-order chi connectivity index (χ0) is 11.1. The summed E-state index contributed by atoms with van der Waals surface area (Å²) in [6.07, 6.45) is 1.17. The smallest absolute Gasteiger partial charge is 0.254 e. The van der Waals surface area contributed by atoms with Gasteiger partial charge in [0.25, 0.3) is 5.91 Å². The first-order valence-electron chi connectivity index (χ1n) is 5.42. The number of carbonyl (C=O) groups is 1. The minimum Gasteiger partial charge on any atom is -0.334 e. The summed E-state index contributed by atoms with van der Waals surface area (Å²) in [5.41, 5.74) is 0.752. The van der Waals surface area contributed by atoms with Crippen LogP contribution in [0.1, 0.15) is 16.8 Å². The van der Waals surface area contributed by atoms with E-state index in [9.17, 15) is 4.79 Å². The monoisotopic (exact) mass is 253 g/mol. The van der Waals surface area contributed by atoms with Gasteiger partial charge >= 0.3 is 0 Å². The Bertz CT molecular complexity index is 420. The fraction of sp³-hybridized carbons (Fsp3) is 0.417. The summed E-state index contributed by atoms with van der Waals surface area (Å²) >= 11 is 7.81. The van der Waals surface area contributed by atoms with Gasteiger partial charge in [0.15, 0.2) is 0 Å². The molecule has 0 aromatic heterocycles. The highest BCUT2D eigenvalue weighted by atomic mass is 35.5. The lowest BCUT2D eigenvalue weighted by atomic mass is 10.2. The second-order valence-corrected chi connectivity index (χ2v) is 6.08. The first-order chi connectivity index (χ1) is 7.74. The Morgan fingerprint density at radius 1 is 1.38 bits per heavy atom. The highest BCUT2D eigenvalue weighted by Gasteiger charge is 2.40. The summed E-state index contributed by atoms with van der Waals surface area (Å²) in [5, 5.41) is 1.34. The maximum absolute atomic E-state index is 12.2. The fourth-order valence-electron chi connectivity index (χ4n) is 2.41. The number of carbonyl (C=O) groups excluding carboxylic acids is 1. The lowest BCUT2D eigenvalue weighted by molar-refractivity contribution is 0.0747. The Hall–Kier alpha value is -0.670. The third-order valence-corrected chi connectivity index (χ3v) is 4.89. The molecule has 16 heavy (non-hydrogen) atoms. The molecule has 2 atom stereocenters. The lowest BCUT2D eigenvalue weighted by Gasteiger charge is -2.26. The van der Waals surface area contributed by atoms with Crippen LogP contribution >= 0.6 is 23.4 Å². The van der Waals surface area contributed by atoms with Crippen LogP contribution in [-0.2, 0) is 0 Å². The quantitative estimate of drug-likeness (QED) is 0.767. The summed E-state index contributed by atoms with van der Waals surface area (Å²) in [6.45, 7) is 0.913. The van der Waals surface area contributed by atoms with Crippen LogP contribution in [0.4, 0.5) is 0 Å². The van der Waals surface area contributed by atoms with Gasteiger partial charge in [-0.2, -0.15) is 11.8 Å². The van der Waals surface area contributed by atoms with Crippen LogP contribution in [0.5, 0.6) is 0 Å². The van der Waals surface area contributed by atoms with E-state index in [-0.39, 0.29) is 5.91 Å². The molecule has 1 amide bonds. The number of rotatable bonds is 1. The van der Waals surface area contributed by atoms with Crippen molar-refractivity contribution in [3.8, 4) is 0 Å². The van der Waals surface area contributed by atoms with Gasteiger partial charge in [-0.1, -0.05) is 11.6 Å². The van der Waals surface area contributed by atoms with Crippen LogP contribution in [0.2, 0.25) is 5.02 Å². The Morgan fingerprint density at radius 3 is 2.69 bits per heavy atom. The van der Waals surface area contributed by atoms with E-state index in [4.69, 9.17) is 11.6 Å². The second kappa shape index (κ2) is 3.97. The largest absolute Gasteiger partial charge is 0.334 e. The molecule has 0 spiro atoms. The van der Waals surface area contributed by atoms with Crippen LogP contribution < -0.4 is 0 Å². The Balaban J connectivity index is 1.80. The third kappa shape index (κ3) is 1.72. The predicted octanol–water partition coefficient (Wildman–Crippen LogP) is 2.67. The third-order valence-electron chi connectivity index (χ3n) is 3.25. The zero-order valence-corrected chi connectivity index (χ0v) is 10.3. The van der Waals surface area contributed by atoms with Gasteiger partial charge in [0.1, 0.15) is 0 Å². The molecule has 0 saturated carbocycles. The van der Waals surface area contributed by atoms with Crippen molar-refractivity contribution >= 4 is 29.3 Å². The van der Waals surface area contributed by atoms with Crippen molar-refractivity contribution in [3.05, 3.63) is 34.9 Å². The van der Waals surface area contributed by atoms with E-state index in [0.29, 0.717) is 16.3 Å². The standard InChI is InChI=1S/C12H12ClNOS/c13-9-3-1-8(2-4-9)12(15)14-6-11-5-10(14)7-16-11/h1-4,10-11H,5-7H2. The van der Waals surface area contributed by atoms with E-state index in [1.54, 1.807) is 12.1 Å². The van der Waals surface area contributed by atoms with E-state index in [1.165, 1.54) is 6.42 Å². The SMILES string of the molecule is O=C(c1ccc(Cl)cc1)N1CC2CC1CS2. The van der Waals surface area contributed by atoms with Crippen LogP contribution in [0.15, 0.2) is 24.3 Å². The molecule has 2 bridgehead atoms. The van der Waals surface area contributed by atoms with Gasteiger partial charge in [0.05, 0.1) is 0 Å². The molecule has 0 aliphatic carbocycles. The van der Waals surface area contributed by atoms with Gasteiger partial charge in [-0.05, 0) is 30.7 Å². The predicted molar refractivity (Wildman–Crippen MR) is 67.1 cm³/mol. The molecule has 0 N–H and O–H groups in total. The van der Waals surface area contributed by atoms with Crippen LogP contribution in [-0.4, -0.2) is 34.4 Å². The van der Waals surface area contributed by atoms with E-state index < -0.39 is 0 Å². The van der Waals surface area contributed by atoms with Crippen molar-refractivity contribution in [2.75, 3.05) is 12.3 Å². The molecule has 2 saturated heterocycles. The number of likely N-dealkylation sites (tertiary alicyclic amines) is 1. The maximum atomic E-state index is 12.2. The molecule has 2 aliphatic rings. The average molecular weight is 254 g/mol. The molecule has 1 aromatic carbocycles. The van der Waals surface area contributed by atoms with Crippen molar-refractivity contribution in [2.45, 2.75) is 17.7 Å². The van der Waals surface area contributed by atoms with Crippen LogP contribution in [0.25, 0.3) is 0 Å². The van der Waals surface area contributed by atoms with Gasteiger partial charge in [-0.15, -0.1) is 0 Å². The highest BCUT2D eigenvalue weighted by Crippen LogP contribution is 2.38. The zero-order valence-electron chi connectivity index (χ0n) is 8.73. The topological polar surface area (TPSA) is 20.3 Å². The molecular weight excluding hydrogens is 242 g/mol. The van der Waals surface area contributed by atoms with Gasteiger partial charge in [0, 0.05) is 34.2 Å². The fourth-order valence-corrected chi connectivity index (χ4v) is 3.97. The molecule has 2 fully saturated rings. The number of amides is 1. The molecule has 4 heteroatoms. The van der Waals surface area contributed by atoms with Crippen molar-refractivity contribution in [3.63, 3.8) is 0 Å². The lowest BCUT2D eigenvalue weighted by Crippen LogP contribution is -2.39. The minimum atomic E-state index is 0.157. The first kappa shape index (κ1) is 10.5. The van der Waals surface area contributed by atoms with Gasteiger partial charge < -0.3 is 4.90 Å². The van der Waals surface area contributed by atoms with Gasteiger partial charge in [-0.25, -0.2) is 0 Å². The molecule has 1 aromatic rings. The summed E-state index contributed by atoms with van der Waals surface area (Å²) in [4.78, 5) is 14.2. The Kier molecular flexibility index (Phi) is 2.60. The number of halogens is 1. The van der Waals surface area contributed by atoms with Crippen molar-refractivity contribution in [1.82, 2.24) is 4.90 Å². The summed E-state index contributed by atoms with van der Waals surface area (Å²) in [5.74, 6) is 1.26. The van der Waals surface area contributed by atoms with Crippen molar-refractivity contribution in [2.24, 2.45) is 0 Å². The van der Waals surface area contributed by atoms with Crippen LogP contribution in [0.3, 0.4) is 0 Å². The average Bonchev–Trinajstić information content (AvgIpc) is 2.91. The highest BCUT2D eigenvalue weighted by molar-refractivity contribution is 8.00. The van der Waals surface area contributed by atoms with E-state index in [1.807, 2.05) is 28.8 Å². The number of hydrogen-bond donors (Lipinski definition) is 0. The Labute approximate surface area is 104 Å². The van der Waals surface area contributed by atoms with Gasteiger partial charge in [-0.3, -0.25) is 4.79 Å². The number of benzene rings is 1. The maximum Gasteiger partial charge on any atom is 0.254 e. The number of hydrogen-bond acceptors (Lipinski definition) is 2. The summed E-state index contributed by atoms with van der Waals surface area (Å²) in [7, 11) is 0. The number of fused-ring (bicyclic) bond motifs is 2. The molecule has 2 aliphatic heterocycles. The molecule has 2 nitrogen and oxygen atoms in total. The first-order valence-corrected chi connectivity index (χ1v) is 6.85. The van der Waals surface area contributed by atoms with Gasteiger partial charge in [0.2, 0.25) is 0 Å². The molecule has 2 unspecified atom stereocenters. The molecule has 2 heterocycles. The van der Waals surface area contributed by atoms with Crippen LogP contribution in [0, 0.1) is 0 Å². The summed E-state index contributed by atoms with van der Waals surface area (Å²) < 4.78 is 0. The van der Waals surface area contributed by atoms with Crippen molar-refractivity contribution in [1.29, 1.82) is 0 Å². The van der Waals surface area contributed by atoms with E-state index in [2.05, 4.69) is 0 Å². The molecule has 84 valence electrons. The number of nitrogens with zero attached hydrogens (tertiary/aromatic N) is 1. The van der Waals surface area contributed by atoms with E-state index in [0.717, 1.165) is 17.9 Å².